The van der Waals surface area contributed by atoms with Gasteiger partial charge in [-0.25, -0.2) is 8.42 Å². The zero-order valence-corrected chi connectivity index (χ0v) is 13.2. The normalized spacial score (nSPS) is 19.9. The van der Waals surface area contributed by atoms with Crippen LogP contribution < -0.4 is 5.73 Å². The van der Waals surface area contributed by atoms with E-state index < -0.39 is 10.0 Å². The Bertz CT molecular complexity index is 590. The minimum Gasteiger partial charge on any atom is -0.392 e. The topological polar surface area (TPSA) is 84.5 Å². The first kappa shape index (κ1) is 15.4. The standard InChI is InChI=1S/C11H19N5O2S2/c1-9(11(12)19)15-5-7-16(8-6-15)20(17,18)10-3-4-13-14(10)2/h3-4,9H,5-8H2,1-2H3,(H2,12,19). The molecule has 1 unspecified atom stereocenters. The zero-order chi connectivity index (χ0) is 14.9. The summed E-state index contributed by atoms with van der Waals surface area (Å²) >= 11 is 4.98. The van der Waals surface area contributed by atoms with E-state index in [4.69, 9.17) is 18.0 Å². The number of nitrogens with two attached hydrogens (primary N) is 1. The first-order valence-electron chi connectivity index (χ1n) is 6.35. The van der Waals surface area contributed by atoms with Gasteiger partial charge >= 0.3 is 0 Å². The molecule has 1 aromatic rings. The Hall–Kier alpha value is -1.03. The molecule has 2 heterocycles. The van der Waals surface area contributed by atoms with Crippen molar-refractivity contribution >= 4 is 27.2 Å². The highest BCUT2D eigenvalue weighted by Crippen LogP contribution is 2.17. The summed E-state index contributed by atoms with van der Waals surface area (Å²) in [6, 6.07) is 1.51. The molecule has 2 N–H and O–H groups in total. The van der Waals surface area contributed by atoms with Crippen LogP contribution in [0.3, 0.4) is 0 Å². The largest absolute Gasteiger partial charge is 0.392 e. The highest BCUT2D eigenvalue weighted by Gasteiger charge is 2.31. The summed E-state index contributed by atoms with van der Waals surface area (Å²) in [5.41, 5.74) is 5.63. The van der Waals surface area contributed by atoms with Crippen molar-refractivity contribution in [3.63, 3.8) is 0 Å². The first-order chi connectivity index (χ1) is 9.34. The fourth-order valence-electron chi connectivity index (χ4n) is 2.26. The molecule has 0 spiro atoms. The Balaban J connectivity index is 2.08. The molecule has 2 rings (SSSR count). The number of sulfonamides is 1. The summed E-state index contributed by atoms with van der Waals surface area (Å²) in [5, 5.41) is 4.13. The molecule has 0 bridgehead atoms. The van der Waals surface area contributed by atoms with Crippen molar-refractivity contribution in [1.82, 2.24) is 19.0 Å². The summed E-state index contributed by atoms with van der Waals surface area (Å²) in [7, 11) is -1.85. The van der Waals surface area contributed by atoms with E-state index in [0.29, 0.717) is 31.2 Å². The number of aromatic nitrogens is 2. The zero-order valence-electron chi connectivity index (χ0n) is 11.6. The van der Waals surface area contributed by atoms with Gasteiger partial charge in [0.2, 0.25) is 0 Å². The number of thiocarbonyl (C=S) groups is 1. The summed E-state index contributed by atoms with van der Waals surface area (Å²) in [4.78, 5) is 2.53. The molecule has 112 valence electrons. The van der Waals surface area contributed by atoms with Gasteiger partial charge in [-0.15, -0.1) is 0 Å². The van der Waals surface area contributed by atoms with Crippen molar-refractivity contribution in [2.45, 2.75) is 18.0 Å². The molecule has 0 radical (unpaired) electrons. The van der Waals surface area contributed by atoms with E-state index in [9.17, 15) is 8.42 Å². The third-order valence-corrected chi connectivity index (χ3v) is 5.93. The van der Waals surface area contributed by atoms with E-state index in [1.165, 1.54) is 21.3 Å². The average molecular weight is 317 g/mol. The summed E-state index contributed by atoms with van der Waals surface area (Å²) in [6.07, 6.45) is 1.48. The van der Waals surface area contributed by atoms with Gasteiger partial charge in [0.25, 0.3) is 10.0 Å². The van der Waals surface area contributed by atoms with Gasteiger partial charge in [-0.2, -0.15) is 9.40 Å². The molecule has 0 aliphatic carbocycles. The second kappa shape index (κ2) is 5.76. The van der Waals surface area contributed by atoms with Gasteiger partial charge in [0, 0.05) is 33.2 Å². The molecule has 0 amide bonds. The molecule has 0 aromatic carbocycles. The molecule has 7 nitrogen and oxygen atoms in total. The van der Waals surface area contributed by atoms with Crippen LogP contribution in [0.5, 0.6) is 0 Å². The Morgan fingerprint density at radius 2 is 2.00 bits per heavy atom. The molecule has 1 aliphatic heterocycles. The van der Waals surface area contributed by atoms with Crippen LogP contribution in [-0.2, 0) is 17.1 Å². The fourth-order valence-corrected chi connectivity index (χ4v) is 3.93. The van der Waals surface area contributed by atoms with Gasteiger partial charge in [0.05, 0.1) is 17.2 Å². The van der Waals surface area contributed by atoms with E-state index in [-0.39, 0.29) is 11.1 Å². The molecule has 1 saturated heterocycles. The van der Waals surface area contributed by atoms with Crippen molar-refractivity contribution in [2.24, 2.45) is 12.8 Å². The van der Waals surface area contributed by atoms with E-state index in [0.717, 1.165) is 0 Å². The average Bonchev–Trinajstić information content (AvgIpc) is 2.85. The van der Waals surface area contributed by atoms with Gasteiger partial charge in [-0.3, -0.25) is 9.58 Å². The van der Waals surface area contributed by atoms with Crippen molar-refractivity contribution in [3.8, 4) is 0 Å². The highest BCUT2D eigenvalue weighted by atomic mass is 32.2. The Morgan fingerprint density at radius 1 is 1.40 bits per heavy atom. The predicted octanol–water partition coefficient (Wildman–Crippen LogP) is -0.599. The number of piperazine rings is 1. The molecule has 0 saturated carbocycles. The van der Waals surface area contributed by atoms with Gasteiger partial charge in [0.1, 0.15) is 0 Å². The maximum absolute atomic E-state index is 12.5. The van der Waals surface area contributed by atoms with Crippen LogP contribution in [0.1, 0.15) is 6.92 Å². The van der Waals surface area contributed by atoms with Crippen molar-refractivity contribution < 1.29 is 8.42 Å². The van der Waals surface area contributed by atoms with E-state index in [1.807, 2.05) is 6.92 Å². The van der Waals surface area contributed by atoms with Crippen LogP contribution >= 0.6 is 12.2 Å². The van der Waals surface area contributed by atoms with Gasteiger partial charge in [0.15, 0.2) is 5.03 Å². The molecular weight excluding hydrogens is 298 g/mol. The maximum Gasteiger partial charge on any atom is 0.260 e. The monoisotopic (exact) mass is 317 g/mol. The second-order valence-electron chi connectivity index (χ2n) is 4.81. The lowest BCUT2D eigenvalue weighted by atomic mass is 10.2. The molecule has 1 aliphatic rings. The third-order valence-electron chi connectivity index (χ3n) is 3.61. The SMILES string of the molecule is CC(C(N)=S)N1CCN(S(=O)(=O)c2ccnn2C)CC1. The van der Waals surface area contributed by atoms with Crippen LogP contribution in [-0.4, -0.2) is 64.6 Å². The van der Waals surface area contributed by atoms with Crippen LogP contribution in [0.25, 0.3) is 0 Å². The molecule has 9 heteroatoms. The molecular formula is C11H19N5O2S2. The molecule has 1 atom stereocenters. The van der Waals surface area contributed by atoms with Crippen molar-refractivity contribution in [3.05, 3.63) is 12.3 Å². The number of hydrogen-bond donors (Lipinski definition) is 1. The molecule has 1 aromatic heterocycles. The molecule has 20 heavy (non-hydrogen) atoms. The van der Waals surface area contributed by atoms with Gasteiger partial charge < -0.3 is 5.73 Å². The van der Waals surface area contributed by atoms with Gasteiger partial charge in [-0.05, 0) is 13.0 Å². The smallest absolute Gasteiger partial charge is 0.260 e. The van der Waals surface area contributed by atoms with Crippen LogP contribution in [0.15, 0.2) is 17.3 Å². The minimum absolute atomic E-state index is 0.00782. The van der Waals surface area contributed by atoms with Gasteiger partial charge in [-0.1, -0.05) is 12.2 Å². The Labute approximate surface area is 124 Å². The first-order valence-corrected chi connectivity index (χ1v) is 8.20. The number of nitrogens with zero attached hydrogens (tertiary/aromatic N) is 4. The highest BCUT2D eigenvalue weighted by molar-refractivity contribution is 7.89. The second-order valence-corrected chi connectivity index (χ2v) is 7.17. The van der Waals surface area contributed by atoms with Crippen LogP contribution in [0, 0.1) is 0 Å². The number of rotatable bonds is 4. The summed E-state index contributed by atoms with van der Waals surface area (Å²) in [5.74, 6) is 0. The lowest BCUT2D eigenvalue weighted by Crippen LogP contribution is -2.54. The van der Waals surface area contributed by atoms with E-state index in [1.54, 1.807) is 7.05 Å². The summed E-state index contributed by atoms with van der Waals surface area (Å²) in [6.45, 7) is 4.04. The lowest BCUT2D eigenvalue weighted by Gasteiger charge is -2.36. The Kier molecular flexibility index (Phi) is 4.43. The van der Waals surface area contributed by atoms with Crippen molar-refractivity contribution in [1.29, 1.82) is 0 Å². The van der Waals surface area contributed by atoms with E-state index in [2.05, 4.69) is 10.00 Å². The third kappa shape index (κ3) is 2.85. The maximum atomic E-state index is 12.5. The summed E-state index contributed by atoms with van der Waals surface area (Å²) < 4.78 is 27.8. The van der Waals surface area contributed by atoms with Crippen LogP contribution in [0.4, 0.5) is 0 Å². The Morgan fingerprint density at radius 3 is 2.45 bits per heavy atom. The number of hydrogen-bond acceptors (Lipinski definition) is 5. The number of aryl methyl sites for hydroxylation is 1. The fraction of sp³-hybridized carbons (Fsp3) is 0.636. The minimum atomic E-state index is -3.48. The van der Waals surface area contributed by atoms with Crippen LogP contribution in [0.2, 0.25) is 0 Å². The van der Waals surface area contributed by atoms with Crippen molar-refractivity contribution in [2.75, 3.05) is 26.2 Å². The quantitative estimate of drug-likeness (QED) is 0.747. The lowest BCUT2D eigenvalue weighted by molar-refractivity contribution is 0.174. The predicted molar refractivity (Wildman–Crippen MR) is 79.8 cm³/mol. The molecule has 1 fully saturated rings. The van der Waals surface area contributed by atoms with E-state index >= 15 is 0 Å².